The van der Waals surface area contributed by atoms with Gasteiger partial charge in [0.15, 0.2) is 23.1 Å². The molecule has 0 heterocycles. The highest BCUT2D eigenvalue weighted by atomic mass is 16.5. The minimum absolute atomic E-state index is 0.00305. The van der Waals surface area contributed by atoms with Gasteiger partial charge in [0.1, 0.15) is 12.4 Å². The molecule has 0 aliphatic carbocycles. The van der Waals surface area contributed by atoms with E-state index < -0.39 is 57.4 Å². The number of Topliss-reactive ketones (excluding diaryl/α,β-unsaturated/α-hetero) is 2. The quantitative estimate of drug-likeness (QED) is 0.0416. The van der Waals surface area contributed by atoms with Crippen molar-refractivity contribution in [3.63, 3.8) is 0 Å². The number of carbonyl (C=O) groups excluding carboxylic acids is 4. The van der Waals surface area contributed by atoms with E-state index in [-0.39, 0.29) is 31.6 Å². The molecule has 0 fully saturated rings. The van der Waals surface area contributed by atoms with E-state index in [0.29, 0.717) is 24.8 Å². The molecule has 0 amide bonds. The molecule has 9 heteroatoms. The fraction of sp³-hybridized carbons (Fsp3) is 0.543. The maximum atomic E-state index is 13.8. The summed E-state index contributed by atoms with van der Waals surface area (Å²) in [5.41, 5.74) is -0.952. The third kappa shape index (κ3) is 11.0. The molecule has 0 aliphatic heterocycles. The highest BCUT2D eigenvalue weighted by Crippen LogP contribution is 2.46. The maximum Gasteiger partial charge on any atom is 0.340 e. The van der Waals surface area contributed by atoms with Gasteiger partial charge in [-0.2, -0.15) is 0 Å². The number of ether oxygens (including phenoxy) is 2. The van der Waals surface area contributed by atoms with Crippen LogP contribution in [0.15, 0.2) is 24.3 Å². The Morgan fingerprint density at radius 2 is 1.09 bits per heavy atom. The molecule has 0 saturated heterocycles. The first-order chi connectivity index (χ1) is 21.2. The van der Waals surface area contributed by atoms with Crippen molar-refractivity contribution in [2.45, 2.75) is 124 Å². The zero-order chi connectivity index (χ0) is 32.5. The lowest BCUT2D eigenvalue weighted by Gasteiger charge is -2.20. The SMILES string of the molecule is CCCCCCC(=O)Oc1c(O)c(O)c(C(=O)CCCCCC)c(C(=O)OCc2ccc(O)cc2)c1C(=O)CCCCCC. The minimum Gasteiger partial charge on any atom is -0.508 e. The molecule has 0 saturated carbocycles. The van der Waals surface area contributed by atoms with Gasteiger partial charge < -0.3 is 24.8 Å². The summed E-state index contributed by atoms with van der Waals surface area (Å²) >= 11 is 0. The van der Waals surface area contributed by atoms with Crippen molar-refractivity contribution in [2.24, 2.45) is 0 Å². The molecule has 3 N–H and O–H groups in total. The van der Waals surface area contributed by atoms with Crippen LogP contribution in [0.5, 0.6) is 23.0 Å². The van der Waals surface area contributed by atoms with Crippen molar-refractivity contribution < 1.29 is 44.0 Å². The normalized spacial score (nSPS) is 10.9. The summed E-state index contributed by atoms with van der Waals surface area (Å²) in [5, 5.41) is 31.7. The average Bonchev–Trinajstić information content (AvgIpc) is 3.01. The Morgan fingerprint density at radius 3 is 1.61 bits per heavy atom. The lowest BCUT2D eigenvalue weighted by Crippen LogP contribution is -2.21. The van der Waals surface area contributed by atoms with E-state index in [0.717, 1.165) is 57.8 Å². The zero-order valence-electron chi connectivity index (χ0n) is 26.4. The minimum atomic E-state index is -1.08. The molecule has 0 unspecified atom stereocenters. The standard InChI is InChI=1S/C35H48O9/c1-4-7-10-13-16-26(37)29-31(35(42)43-23-24-19-21-25(36)22-20-24)30(27(38)17-14-11-8-5-2)34(33(41)32(29)40)44-28(39)18-15-12-9-6-3/h19-22,36,40-41H,4-18,23H2,1-3H3. The summed E-state index contributed by atoms with van der Waals surface area (Å²) < 4.78 is 11.0. The molecule has 2 rings (SSSR count). The number of hydrogen-bond acceptors (Lipinski definition) is 9. The van der Waals surface area contributed by atoms with Gasteiger partial charge in [0.25, 0.3) is 0 Å². The van der Waals surface area contributed by atoms with Gasteiger partial charge >= 0.3 is 11.9 Å². The number of hydrogen-bond donors (Lipinski definition) is 3. The largest absolute Gasteiger partial charge is 0.508 e. The van der Waals surface area contributed by atoms with E-state index in [4.69, 9.17) is 9.47 Å². The Hall–Kier alpha value is -3.88. The van der Waals surface area contributed by atoms with Gasteiger partial charge in [-0.1, -0.05) is 90.7 Å². The number of benzene rings is 2. The fourth-order valence-electron chi connectivity index (χ4n) is 4.89. The number of rotatable bonds is 21. The van der Waals surface area contributed by atoms with Gasteiger partial charge in [0, 0.05) is 19.3 Å². The van der Waals surface area contributed by atoms with E-state index in [9.17, 15) is 34.5 Å². The summed E-state index contributed by atoms with van der Waals surface area (Å²) in [6, 6.07) is 5.93. The first kappa shape index (κ1) is 36.3. The average molecular weight is 613 g/mol. The topological polar surface area (TPSA) is 147 Å². The Kier molecular flexibility index (Phi) is 16.0. The lowest BCUT2D eigenvalue weighted by molar-refractivity contribution is -0.134. The van der Waals surface area contributed by atoms with Crippen LogP contribution in [-0.2, 0) is 16.1 Å². The summed E-state index contributed by atoms with van der Waals surface area (Å²) in [4.78, 5) is 53.8. The van der Waals surface area contributed by atoms with Crippen molar-refractivity contribution in [3.05, 3.63) is 46.5 Å². The van der Waals surface area contributed by atoms with Gasteiger partial charge in [-0.05, 0) is 37.0 Å². The molecular weight excluding hydrogens is 564 g/mol. The number of esters is 2. The summed E-state index contributed by atoms with van der Waals surface area (Å²) in [6.07, 6.45) is 9.20. The second kappa shape index (κ2) is 19.4. The fourth-order valence-corrected chi connectivity index (χ4v) is 4.89. The van der Waals surface area contributed by atoms with Crippen LogP contribution in [0, 0.1) is 0 Å². The van der Waals surface area contributed by atoms with E-state index in [1.807, 2.05) is 20.8 Å². The van der Waals surface area contributed by atoms with Crippen LogP contribution in [-0.4, -0.2) is 38.8 Å². The predicted molar refractivity (Wildman–Crippen MR) is 168 cm³/mol. The number of carbonyl (C=O) groups is 4. The van der Waals surface area contributed by atoms with E-state index >= 15 is 0 Å². The van der Waals surface area contributed by atoms with Gasteiger partial charge in [0.05, 0.1) is 16.7 Å². The molecule has 0 aliphatic rings. The molecule has 0 spiro atoms. The van der Waals surface area contributed by atoms with Crippen molar-refractivity contribution in [1.82, 2.24) is 0 Å². The molecule has 44 heavy (non-hydrogen) atoms. The van der Waals surface area contributed by atoms with Crippen molar-refractivity contribution in [3.8, 4) is 23.0 Å². The number of ketones is 2. The van der Waals surface area contributed by atoms with Crippen molar-refractivity contribution in [1.29, 1.82) is 0 Å². The van der Waals surface area contributed by atoms with E-state index in [1.54, 1.807) is 12.1 Å². The Morgan fingerprint density at radius 1 is 0.591 bits per heavy atom. The first-order valence-corrected chi connectivity index (χ1v) is 16.0. The molecule has 2 aromatic carbocycles. The molecule has 242 valence electrons. The molecule has 0 aromatic heterocycles. The zero-order valence-corrected chi connectivity index (χ0v) is 26.4. The first-order valence-electron chi connectivity index (χ1n) is 16.0. The third-order valence-electron chi connectivity index (χ3n) is 7.44. The number of phenols is 3. The number of phenolic OH excluding ortho intramolecular Hbond substituents is 3. The van der Waals surface area contributed by atoms with Gasteiger partial charge in [0.2, 0.25) is 5.75 Å². The van der Waals surface area contributed by atoms with Gasteiger partial charge in [-0.3, -0.25) is 14.4 Å². The smallest absolute Gasteiger partial charge is 0.340 e. The monoisotopic (exact) mass is 612 g/mol. The van der Waals surface area contributed by atoms with Gasteiger partial charge in [-0.15, -0.1) is 0 Å². The van der Waals surface area contributed by atoms with Crippen LogP contribution in [0.4, 0.5) is 0 Å². The van der Waals surface area contributed by atoms with Crippen LogP contribution < -0.4 is 4.74 Å². The molecule has 9 nitrogen and oxygen atoms in total. The van der Waals surface area contributed by atoms with E-state index in [2.05, 4.69) is 0 Å². The molecule has 2 aromatic rings. The maximum absolute atomic E-state index is 13.8. The van der Waals surface area contributed by atoms with Crippen molar-refractivity contribution >= 4 is 23.5 Å². The summed E-state index contributed by atoms with van der Waals surface area (Å²) in [6.45, 7) is 5.82. The summed E-state index contributed by atoms with van der Waals surface area (Å²) in [7, 11) is 0. The summed E-state index contributed by atoms with van der Waals surface area (Å²) in [5.74, 6) is -5.54. The second-order valence-electron chi connectivity index (χ2n) is 11.1. The Labute approximate surface area is 260 Å². The predicted octanol–water partition coefficient (Wildman–Crippen LogP) is 8.34. The Bertz CT molecular complexity index is 1250. The third-order valence-corrected chi connectivity index (χ3v) is 7.44. The van der Waals surface area contributed by atoms with Crippen LogP contribution in [0.3, 0.4) is 0 Å². The van der Waals surface area contributed by atoms with Crippen LogP contribution >= 0.6 is 0 Å². The van der Waals surface area contributed by atoms with E-state index in [1.165, 1.54) is 12.1 Å². The lowest BCUT2D eigenvalue weighted by atomic mass is 9.89. The highest BCUT2D eigenvalue weighted by molar-refractivity contribution is 6.17. The highest BCUT2D eigenvalue weighted by Gasteiger charge is 2.36. The van der Waals surface area contributed by atoms with Crippen molar-refractivity contribution in [2.75, 3.05) is 0 Å². The molecule has 0 bridgehead atoms. The number of unbranched alkanes of at least 4 members (excludes halogenated alkanes) is 9. The van der Waals surface area contributed by atoms with Gasteiger partial charge in [-0.25, -0.2) is 4.79 Å². The van der Waals surface area contributed by atoms with Crippen LogP contribution in [0.25, 0.3) is 0 Å². The Balaban J connectivity index is 2.64. The second-order valence-corrected chi connectivity index (χ2v) is 11.1. The number of aromatic hydroxyl groups is 3. The molecule has 0 radical (unpaired) electrons. The molecular formula is C35H48O9. The van der Waals surface area contributed by atoms with Crippen LogP contribution in [0.2, 0.25) is 0 Å². The molecule has 0 atom stereocenters. The van der Waals surface area contributed by atoms with Crippen LogP contribution in [0.1, 0.15) is 154 Å².